The fourth-order valence-electron chi connectivity index (χ4n) is 3.47. The van der Waals surface area contributed by atoms with Crippen molar-refractivity contribution in [2.75, 3.05) is 25.1 Å². The number of benzene rings is 1. The van der Waals surface area contributed by atoms with Crippen molar-refractivity contribution in [1.29, 1.82) is 0 Å². The first kappa shape index (κ1) is 24.7. The number of hydrogen-bond acceptors (Lipinski definition) is 7. The highest BCUT2D eigenvalue weighted by atomic mass is 35.5. The van der Waals surface area contributed by atoms with E-state index in [2.05, 4.69) is 17.6 Å². The van der Waals surface area contributed by atoms with Crippen molar-refractivity contribution >= 4 is 51.7 Å². The molecule has 10 heteroatoms. The predicted octanol–water partition coefficient (Wildman–Crippen LogP) is 3.61. The molecule has 1 aromatic heterocycles. The number of thiophene rings is 1. The normalized spacial score (nSPS) is 14.7. The molecule has 1 aliphatic carbocycles. The van der Waals surface area contributed by atoms with Crippen molar-refractivity contribution in [2.24, 2.45) is 5.92 Å². The van der Waals surface area contributed by atoms with Gasteiger partial charge in [-0.25, -0.2) is 4.79 Å². The van der Waals surface area contributed by atoms with Crippen LogP contribution in [0.4, 0.5) is 5.00 Å². The summed E-state index contributed by atoms with van der Waals surface area (Å²) in [5.41, 5.74) is 1.65. The Kier molecular flexibility index (Phi) is 8.46. The van der Waals surface area contributed by atoms with E-state index >= 15 is 0 Å². The highest BCUT2D eigenvalue weighted by molar-refractivity contribution is 7.17. The maximum Gasteiger partial charge on any atom is 0.341 e. The minimum absolute atomic E-state index is 0.229. The van der Waals surface area contributed by atoms with E-state index in [1.807, 2.05) is 0 Å². The van der Waals surface area contributed by atoms with E-state index in [-0.39, 0.29) is 6.61 Å². The molecule has 1 aromatic carbocycles. The molecule has 0 spiro atoms. The molecule has 0 saturated carbocycles. The number of esters is 2. The molecule has 1 atom stereocenters. The number of fused-ring (bicyclic) bond motifs is 1. The number of anilines is 1. The summed E-state index contributed by atoms with van der Waals surface area (Å²) in [5, 5.41) is 5.99. The first-order valence-electron chi connectivity index (χ1n) is 10.6. The summed E-state index contributed by atoms with van der Waals surface area (Å²) >= 11 is 7.14. The highest BCUT2D eigenvalue weighted by Crippen LogP contribution is 2.40. The maximum atomic E-state index is 12.5. The number of halogens is 1. The largest absolute Gasteiger partial charge is 0.462 e. The molecule has 0 unspecified atom stereocenters. The van der Waals surface area contributed by atoms with Crippen LogP contribution in [0.1, 0.15) is 51.4 Å². The molecule has 2 N–H and O–H groups in total. The van der Waals surface area contributed by atoms with Crippen LogP contribution in [-0.4, -0.2) is 43.5 Å². The quantitative estimate of drug-likeness (QED) is 0.544. The van der Waals surface area contributed by atoms with Gasteiger partial charge in [0.2, 0.25) is 0 Å². The van der Waals surface area contributed by atoms with Gasteiger partial charge in [-0.15, -0.1) is 11.3 Å². The summed E-state index contributed by atoms with van der Waals surface area (Å²) in [6.07, 6.45) is 2.55. The summed E-state index contributed by atoms with van der Waals surface area (Å²) < 4.78 is 10.1. The molecule has 176 valence electrons. The standard InChI is InChI=1S/C23H25ClN2O6S/c1-3-31-23(30)20-16-9-4-13(2)10-17(16)33-22(20)26-18(27)12-32-19(28)11-25-21(29)14-5-7-15(24)8-6-14/h5-8,13H,3-4,9-12H2,1-2H3,(H,25,29)(H,26,27)/t13-/m0/s1. The molecule has 3 rings (SSSR count). The van der Waals surface area contributed by atoms with Crippen LogP contribution in [0.5, 0.6) is 0 Å². The van der Waals surface area contributed by atoms with Crippen molar-refractivity contribution in [3.8, 4) is 0 Å². The van der Waals surface area contributed by atoms with E-state index in [0.29, 0.717) is 27.1 Å². The summed E-state index contributed by atoms with van der Waals surface area (Å²) in [5.74, 6) is -1.78. The van der Waals surface area contributed by atoms with E-state index in [1.165, 1.54) is 23.5 Å². The lowest BCUT2D eigenvalue weighted by Gasteiger charge is -2.18. The molecule has 0 bridgehead atoms. The lowest BCUT2D eigenvalue weighted by Crippen LogP contribution is -2.32. The van der Waals surface area contributed by atoms with E-state index < -0.39 is 36.9 Å². The zero-order valence-corrected chi connectivity index (χ0v) is 19.9. The van der Waals surface area contributed by atoms with Gasteiger partial charge in [0.25, 0.3) is 11.8 Å². The van der Waals surface area contributed by atoms with Crippen LogP contribution in [0.15, 0.2) is 24.3 Å². The molecule has 33 heavy (non-hydrogen) atoms. The molecule has 2 amide bonds. The number of ether oxygens (including phenoxy) is 2. The number of carbonyl (C=O) groups is 4. The van der Waals surface area contributed by atoms with E-state index in [1.54, 1.807) is 19.1 Å². The minimum Gasteiger partial charge on any atom is -0.462 e. The van der Waals surface area contributed by atoms with Gasteiger partial charge in [0.05, 0.1) is 12.2 Å². The van der Waals surface area contributed by atoms with E-state index in [0.717, 1.165) is 29.7 Å². The number of amides is 2. The van der Waals surface area contributed by atoms with Crippen LogP contribution in [-0.2, 0) is 31.9 Å². The fourth-order valence-corrected chi connectivity index (χ4v) is 5.01. The van der Waals surface area contributed by atoms with Gasteiger partial charge < -0.3 is 20.1 Å². The minimum atomic E-state index is -0.766. The molecule has 0 saturated heterocycles. The lowest BCUT2D eigenvalue weighted by atomic mass is 9.88. The van der Waals surface area contributed by atoms with Gasteiger partial charge in [0, 0.05) is 15.5 Å². The number of rotatable bonds is 8. The zero-order valence-electron chi connectivity index (χ0n) is 18.4. The third-order valence-electron chi connectivity index (χ3n) is 5.11. The SMILES string of the molecule is CCOC(=O)c1c(NC(=O)COC(=O)CNC(=O)c2ccc(Cl)cc2)sc2c1CC[C@H](C)C2. The number of hydrogen-bond donors (Lipinski definition) is 2. The predicted molar refractivity (Wildman–Crippen MR) is 125 cm³/mol. The first-order chi connectivity index (χ1) is 15.8. The Morgan fingerprint density at radius 2 is 1.88 bits per heavy atom. The second kappa shape index (κ2) is 11.3. The highest BCUT2D eigenvalue weighted by Gasteiger charge is 2.29. The average molecular weight is 493 g/mol. The van der Waals surface area contributed by atoms with Crippen LogP contribution in [0, 0.1) is 5.92 Å². The van der Waals surface area contributed by atoms with Gasteiger partial charge in [0.1, 0.15) is 11.5 Å². The molecule has 0 fully saturated rings. The van der Waals surface area contributed by atoms with Gasteiger partial charge in [-0.3, -0.25) is 14.4 Å². The molecule has 2 aromatic rings. The third-order valence-corrected chi connectivity index (χ3v) is 6.53. The van der Waals surface area contributed by atoms with E-state index in [9.17, 15) is 19.2 Å². The molecular formula is C23H25ClN2O6S. The third kappa shape index (κ3) is 6.55. The molecule has 1 aliphatic rings. The molecular weight excluding hydrogens is 468 g/mol. The van der Waals surface area contributed by atoms with Crippen molar-refractivity contribution < 1.29 is 28.7 Å². The second-order valence-corrected chi connectivity index (χ2v) is 9.22. The maximum absolute atomic E-state index is 12.5. The number of carbonyl (C=O) groups excluding carboxylic acids is 4. The fraction of sp³-hybridized carbons (Fsp3) is 0.391. The average Bonchev–Trinajstić information content (AvgIpc) is 3.13. The molecule has 0 aliphatic heterocycles. The molecule has 0 radical (unpaired) electrons. The lowest BCUT2D eigenvalue weighted by molar-refractivity contribution is -0.146. The Balaban J connectivity index is 1.55. The van der Waals surface area contributed by atoms with Gasteiger partial charge >= 0.3 is 11.9 Å². The zero-order chi connectivity index (χ0) is 24.0. The second-order valence-electron chi connectivity index (χ2n) is 7.67. The van der Waals surface area contributed by atoms with Gasteiger partial charge in [-0.2, -0.15) is 0 Å². The number of nitrogens with one attached hydrogen (secondary N) is 2. The Morgan fingerprint density at radius 3 is 2.58 bits per heavy atom. The summed E-state index contributed by atoms with van der Waals surface area (Å²) in [4.78, 5) is 49.9. The van der Waals surface area contributed by atoms with Crippen molar-refractivity contribution in [2.45, 2.75) is 33.1 Å². The van der Waals surface area contributed by atoms with E-state index in [4.69, 9.17) is 21.1 Å². The van der Waals surface area contributed by atoms with Crippen LogP contribution >= 0.6 is 22.9 Å². The van der Waals surface area contributed by atoms with Crippen LogP contribution in [0.25, 0.3) is 0 Å². The van der Waals surface area contributed by atoms with Crippen molar-refractivity contribution in [3.05, 3.63) is 50.9 Å². The van der Waals surface area contributed by atoms with Crippen molar-refractivity contribution in [3.63, 3.8) is 0 Å². The molecule has 1 heterocycles. The summed E-state index contributed by atoms with van der Waals surface area (Å²) in [7, 11) is 0. The molecule has 8 nitrogen and oxygen atoms in total. The van der Waals surface area contributed by atoms with Crippen molar-refractivity contribution in [1.82, 2.24) is 5.32 Å². The van der Waals surface area contributed by atoms with Crippen LogP contribution in [0.3, 0.4) is 0 Å². The summed E-state index contributed by atoms with van der Waals surface area (Å²) in [6, 6.07) is 6.18. The Morgan fingerprint density at radius 1 is 1.15 bits per heavy atom. The Labute approximate surface area is 200 Å². The van der Waals surface area contributed by atoms with Gasteiger partial charge in [-0.1, -0.05) is 18.5 Å². The van der Waals surface area contributed by atoms with Gasteiger partial charge in [0.15, 0.2) is 6.61 Å². The topological polar surface area (TPSA) is 111 Å². The smallest absolute Gasteiger partial charge is 0.341 e. The summed E-state index contributed by atoms with van der Waals surface area (Å²) in [6.45, 7) is 3.16. The monoisotopic (exact) mass is 492 g/mol. The van der Waals surface area contributed by atoms with Crippen LogP contribution < -0.4 is 10.6 Å². The first-order valence-corrected chi connectivity index (χ1v) is 11.8. The Bertz CT molecular complexity index is 1050. The van der Waals surface area contributed by atoms with Crippen LogP contribution in [0.2, 0.25) is 5.02 Å². The Hall–Kier alpha value is -2.91. The van der Waals surface area contributed by atoms with Gasteiger partial charge in [-0.05, 0) is 61.9 Å².